The molecule has 1 saturated heterocycles. The van der Waals surface area contributed by atoms with Gasteiger partial charge in [-0.1, -0.05) is 48.5 Å². The highest BCUT2D eigenvalue weighted by atomic mass is 32.1. The molecule has 2 amide bonds. The second-order valence-corrected chi connectivity index (χ2v) is 9.64. The lowest BCUT2D eigenvalue weighted by Crippen LogP contribution is -2.63. The smallest absolute Gasteiger partial charge is 0.413 e. The minimum Gasteiger partial charge on any atom is -0.480 e. The number of rotatable bonds is 7. The van der Waals surface area contributed by atoms with Crippen molar-refractivity contribution in [1.82, 2.24) is 9.88 Å². The Hall–Kier alpha value is -3.76. The number of nitrogens with one attached hydrogen (secondary N) is 1. The lowest BCUT2D eigenvalue weighted by molar-refractivity contribution is -0.159. The van der Waals surface area contributed by atoms with Crippen molar-refractivity contribution in [2.24, 2.45) is 0 Å². The molecule has 5 rings (SSSR count). The van der Waals surface area contributed by atoms with Gasteiger partial charge in [0.1, 0.15) is 24.5 Å². The number of thiazole rings is 1. The topological polar surface area (TPSA) is 118 Å². The average Bonchev–Trinajstić information content (AvgIpc) is 3.42. The van der Waals surface area contributed by atoms with E-state index in [1.165, 1.54) is 4.90 Å². The zero-order valence-corrected chi connectivity index (χ0v) is 19.7. The van der Waals surface area contributed by atoms with Crippen LogP contribution in [0.5, 0.6) is 0 Å². The van der Waals surface area contributed by atoms with Gasteiger partial charge < -0.3 is 19.5 Å². The number of benzene rings is 2. The molecule has 1 aliphatic carbocycles. The highest BCUT2D eigenvalue weighted by Crippen LogP contribution is 2.44. The largest absolute Gasteiger partial charge is 0.480 e. The minimum atomic E-state index is -1.06. The summed E-state index contributed by atoms with van der Waals surface area (Å²) in [7, 11) is 0. The van der Waals surface area contributed by atoms with E-state index in [1.54, 1.807) is 12.3 Å². The molecule has 3 aromatic rings. The number of aliphatic carboxylic acids is 1. The maximum Gasteiger partial charge on any atom is 0.413 e. The van der Waals surface area contributed by atoms with Crippen LogP contribution in [0.3, 0.4) is 0 Å². The lowest BCUT2D eigenvalue weighted by atomic mass is 9.96. The highest BCUT2D eigenvalue weighted by molar-refractivity contribution is 7.14. The lowest BCUT2D eigenvalue weighted by Gasteiger charge is -2.46. The number of ether oxygens (including phenoxy) is 2. The number of anilines is 1. The number of hydrogen-bond acceptors (Lipinski definition) is 7. The fraction of sp³-hybridized carbons (Fsp3) is 0.280. The first-order valence-electron chi connectivity index (χ1n) is 11.1. The standard InChI is InChI=1S/C25H23N3O6S/c1-25(34-11-21(29)30)13-28(14-25)22(31)20-12-35-23(26-20)27-24(32)33-10-19-17-8-4-2-6-15(17)16-7-3-5-9-18(16)19/h2-9,12,19H,10-11,13-14H2,1H3,(H,29,30)(H,26,27,32). The van der Waals surface area contributed by atoms with Gasteiger partial charge in [0, 0.05) is 11.3 Å². The maximum absolute atomic E-state index is 12.6. The van der Waals surface area contributed by atoms with Crippen molar-refractivity contribution in [3.8, 4) is 11.1 Å². The van der Waals surface area contributed by atoms with Gasteiger partial charge in [0.25, 0.3) is 5.91 Å². The van der Waals surface area contributed by atoms with Crippen molar-refractivity contribution in [3.63, 3.8) is 0 Å². The van der Waals surface area contributed by atoms with Crippen LogP contribution < -0.4 is 5.32 Å². The quantitative estimate of drug-likeness (QED) is 0.514. The van der Waals surface area contributed by atoms with Crippen molar-refractivity contribution < 1.29 is 29.0 Å². The Morgan fingerprint density at radius 1 is 1.11 bits per heavy atom. The molecule has 2 N–H and O–H groups in total. The Balaban J connectivity index is 1.16. The summed E-state index contributed by atoms with van der Waals surface area (Å²) in [6.07, 6.45) is -0.640. The van der Waals surface area contributed by atoms with Gasteiger partial charge in [-0.3, -0.25) is 10.1 Å². The summed E-state index contributed by atoms with van der Waals surface area (Å²) in [5.74, 6) is -1.41. The molecule has 1 aliphatic heterocycles. The predicted octanol–water partition coefficient (Wildman–Crippen LogP) is 3.82. The number of aromatic nitrogens is 1. The molecule has 1 fully saturated rings. The predicted molar refractivity (Wildman–Crippen MR) is 129 cm³/mol. The third-order valence-electron chi connectivity index (χ3n) is 6.16. The summed E-state index contributed by atoms with van der Waals surface area (Å²) in [5.41, 5.74) is 4.05. The van der Waals surface area contributed by atoms with Crippen LogP contribution >= 0.6 is 11.3 Å². The van der Waals surface area contributed by atoms with Gasteiger partial charge in [0.15, 0.2) is 5.13 Å². The number of nitrogens with zero attached hydrogens (tertiary/aromatic N) is 2. The highest BCUT2D eigenvalue weighted by Gasteiger charge is 2.43. The van der Waals surface area contributed by atoms with Crippen LogP contribution in [0.2, 0.25) is 0 Å². The molecular weight excluding hydrogens is 470 g/mol. The van der Waals surface area contributed by atoms with E-state index in [4.69, 9.17) is 14.6 Å². The molecule has 1 aromatic heterocycles. The van der Waals surface area contributed by atoms with Crippen LogP contribution in [0, 0.1) is 0 Å². The summed E-state index contributed by atoms with van der Waals surface area (Å²) in [5, 5.41) is 13.2. The first-order valence-corrected chi connectivity index (χ1v) is 11.9. The number of carbonyl (C=O) groups excluding carboxylic acids is 2. The van der Waals surface area contributed by atoms with Crippen molar-refractivity contribution >= 4 is 34.4 Å². The number of amides is 2. The van der Waals surface area contributed by atoms with E-state index in [1.807, 2.05) is 36.4 Å². The number of carboxylic acids is 1. The molecule has 2 heterocycles. The molecule has 180 valence electrons. The summed E-state index contributed by atoms with van der Waals surface area (Å²) < 4.78 is 10.9. The summed E-state index contributed by atoms with van der Waals surface area (Å²) in [6, 6.07) is 16.2. The van der Waals surface area contributed by atoms with Crippen LogP contribution in [0.15, 0.2) is 53.9 Å². The van der Waals surface area contributed by atoms with Gasteiger partial charge in [0.05, 0.1) is 13.1 Å². The van der Waals surface area contributed by atoms with E-state index in [0.29, 0.717) is 0 Å². The molecule has 10 heteroatoms. The molecule has 0 unspecified atom stereocenters. The van der Waals surface area contributed by atoms with Gasteiger partial charge in [-0.05, 0) is 29.2 Å². The van der Waals surface area contributed by atoms with Crippen LogP contribution in [0.4, 0.5) is 9.93 Å². The second-order valence-electron chi connectivity index (χ2n) is 8.78. The van der Waals surface area contributed by atoms with Crippen LogP contribution in [0.1, 0.15) is 34.5 Å². The average molecular weight is 494 g/mol. The van der Waals surface area contributed by atoms with Crippen molar-refractivity contribution in [2.75, 3.05) is 31.6 Å². The first-order chi connectivity index (χ1) is 16.8. The Bertz CT molecular complexity index is 1250. The molecule has 9 nitrogen and oxygen atoms in total. The Morgan fingerprint density at radius 3 is 2.37 bits per heavy atom. The SMILES string of the molecule is CC1(OCC(=O)O)CN(C(=O)c2csc(NC(=O)OCC3c4ccccc4-c4ccccc43)n2)C1. The number of fused-ring (bicyclic) bond motifs is 3. The van der Waals surface area contributed by atoms with Crippen molar-refractivity contribution in [2.45, 2.75) is 18.4 Å². The monoisotopic (exact) mass is 493 g/mol. The summed E-state index contributed by atoms with van der Waals surface area (Å²) >= 11 is 1.13. The molecule has 0 atom stereocenters. The third-order valence-corrected chi connectivity index (χ3v) is 6.92. The second kappa shape index (κ2) is 9.12. The maximum atomic E-state index is 12.6. The fourth-order valence-corrected chi connectivity index (χ4v) is 5.22. The molecule has 35 heavy (non-hydrogen) atoms. The minimum absolute atomic E-state index is 0.0503. The van der Waals surface area contributed by atoms with E-state index in [0.717, 1.165) is 33.6 Å². The third kappa shape index (κ3) is 4.62. The number of carboxylic acid groups (broad SMARTS) is 1. The van der Waals surface area contributed by atoms with E-state index >= 15 is 0 Å². The summed E-state index contributed by atoms with van der Waals surface area (Å²) in [4.78, 5) is 41.5. The van der Waals surface area contributed by atoms with Crippen molar-refractivity contribution in [3.05, 3.63) is 70.7 Å². The van der Waals surface area contributed by atoms with Gasteiger partial charge in [0.2, 0.25) is 0 Å². The zero-order chi connectivity index (χ0) is 24.6. The number of hydrogen-bond donors (Lipinski definition) is 2. The van der Waals surface area contributed by atoms with Gasteiger partial charge in [-0.2, -0.15) is 0 Å². The van der Waals surface area contributed by atoms with E-state index < -0.39 is 24.3 Å². The molecule has 0 radical (unpaired) electrons. The van der Waals surface area contributed by atoms with Gasteiger partial charge >= 0.3 is 12.1 Å². The van der Waals surface area contributed by atoms with Gasteiger partial charge in [-0.15, -0.1) is 11.3 Å². The molecule has 0 bridgehead atoms. The Morgan fingerprint density at radius 2 is 1.74 bits per heavy atom. The molecule has 0 saturated carbocycles. The zero-order valence-electron chi connectivity index (χ0n) is 18.9. The van der Waals surface area contributed by atoms with E-state index in [-0.39, 0.29) is 42.3 Å². The van der Waals surface area contributed by atoms with Crippen LogP contribution in [0.25, 0.3) is 11.1 Å². The van der Waals surface area contributed by atoms with E-state index in [2.05, 4.69) is 22.4 Å². The van der Waals surface area contributed by atoms with E-state index in [9.17, 15) is 14.4 Å². The molecule has 2 aromatic carbocycles. The Kier molecular flexibility index (Phi) is 6.00. The number of carbonyl (C=O) groups is 3. The molecule has 0 spiro atoms. The van der Waals surface area contributed by atoms with Crippen LogP contribution in [-0.4, -0.2) is 64.9 Å². The number of likely N-dealkylation sites (tertiary alicyclic amines) is 1. The first kappa shape index (κ1) is 23.0. The van der Waals surface area contributed by atoms with Crippen molar-refractivity contribution in [1.29, 1.82) is 0 Å². The van der Waals surface area contributed by atoms with Crippen LogP contribution in [-0.2, 0) is 14.3 Å². The normalized spacial score (nSPS) is 15.6. The summed E-state index contributed by atoms with van der Waals surface area (Å²) in [6.45, 7) is 2.06. The Labute approximate surface area is 205 Å². The fourth-order valence-electron chi connectivity index (χ4n) is 4.55. The molecule has 2 aliphatic rings. The van der Waals surface area contributed by atoms with Gasteiger partial charge in [-0.25, -0.2) is 14.6 Å². The molecular formula is C25H23N3O6S.